The van der Waals surface area contributed by atoms with Crippen LogP contribution in [-0.4, -0.2) is 24.0 Å². The molecule has 0 aromatic heterocycles. The van der Waals surface area contributed by atoms with E-state index in [9.17, 15) is 5.26 Å². The number of aryl methyl sites for hydroxylation is 1. The number of hydrogen-bond acceptors (Lipinski definition) is 2. The smallest absolute Gasteiger partial charge is 0.0978 e. The van der Waals surface area contributed by atoms with Crippen LogP contribution in [0.2, 0.25) is 0 Å². The molecule has 0 amide bonds. The van der Waals surface area contributed by atoms with Crippen LogP contribution in [0.3, 0.4) is 0 Å². The van der Waals surface area contributed by atoms with Crippen molar-refractivity contribution in [2.45, 2.75) is 50.5 Å². The molecule has 0 N–H and O–H groups in total. The van der Waals surface area contributed by atoms with Gasteiger partial charge in [-0.3, -0.25) is 4.90 Å². The van der Waals surface area contributed by atoms with Gasteiger partial charge in [0.1, 0.15) is 0 Å². The number of likely N-dealkylation sites (tertiary alicyclic amines) is 1. The molecule has 1 aliphatic carbocycles. The number of nitrogens with zero attached hydrogens (tertiary/aromatic N) is 2. The molecule has 2 aliphatic rings. The van der Waals surface area contributed by atoms with Crippen LogP contribution < -0.4 is 0 Å². The van der Waals surface area contributed by atoms with Crippen LogP contribution in [0.15, 0.2) is 24.3 Å². The third kappa shape index (κ3) is 2.67. The molecular formula is C17H22N2. The van der Waals surface area contributed by atoms with Crippen LogP contribution in [0.5, 0.6) is 0 Å². The molecule has 0 bridgehead atoms. The lowest BCUT2D eigenvalue weighted by atomic mass is 9.82. The van der Waals surface area contributed by atoms with E-state index in [1.54, 1.807) is 0 Å². The van der Waals surface area contributed by atoms with E-state index >= 15 is 0 Å². The highest BCUT2D eigenvalue weighted by Gasteiger charge is 2.27. The predicted octanol–water partition coefficient (Wildman–Crippen LogP) is 3.48. The summed E-state index contributed by atoms with van der Waals surface area (Å²) < 4.78 is 0. The molecule has 2 atom stereocenters. The van der Waals surface area contributed by atoms with E-state index < -0.39 is 0 Å². The van der Waals surface area contributed by atoms with E-state index in [0.29, 0.717) is 5.92 Å². The maximum atomic E-state index is 9.29. The van der Waals surface area contributed by atoms with Crippen molar-refractivity contribution in [2.75, 3.05) is 13.1 Å². The minimum Gasteiger partial charge on any atom is -0.287 e. The van der Waals surface area contributed by atoms with Crippen molar-refractivity contribution in [1.82, 2.24) is 4.90 Å². The van der Waals surface area contributed by atoms with E-state index in [1.165, 1.54) is 43.2 Å². The fraction of sp³-hybridized carbons (Fsp3) is 0.588. The summed E-state index contributed by atoms with van der Waals surface area (Å²) in [5, 5.41) is 9.29. The minimum atomic E-state index is 0.155. The first kappa shape index (κ1) is 12.7. The zero-order chi connectivity index (χ0) is 13.1. The van der Waals surface area contributed by atoms with Gasteiger partial charge in [0.15, 0.2) is 0 Å². The lowest BCUT2D eigenvalue weighted by molar-refractivity contribution is 0.169. The summed E-state index contributed by atoms with van der Waals surface area (Å²) in [4.78, 5) is 2.43. The van der Waals surface area contributed by atoms with Crippen molar-refractivity contribution in [1.29, 1.82) is 5.26 Å². The number of hydrogen-bond donors (Lipinski definition) is 0. The van der Waals surface area contributed by atoms with Crippen molar-refractivity contribution in [3.05, 3.63) is 35.4 Å². The Bertz CT molecular complexity index is 474. The van der Waals surface area contributed by atoms with Gasteiger partial charge in [-0.25, -0.2) is 0 Å². The van der Waals surface area contributed by atoms with Gasteiger partial charge in [-0.1, -0.05) is 24.3 Å². The molecule has 2 nitrogen and oxygen atoms in total. The lowest BCUT2D eigenvalue weighted by Crippen LogP contribution is -2.41. The molecule has 1 aromatic carbocycles. The second-order valence-electron chi connectivity index (χ2n) is 5.92. The van der Waals surface area contributed by atoms with Crippen LogP contribution in [-0.2, 0) is 6.42 Å². The zero-order valence-electron chi connectivity index (χ0n) is 11.5. The van der Waals surface area contributed by atoms with Gasteiger partial charge in [-0.2, -0.15) is 5.26 Å². The Balaban J connectivity index is 1.75. The van der Waals surface area contributed by atoms with Crippen LogP contribution in [0.25, 0.3) is 0 Å². The highest BCUT2D eigenvalue weighted by molar-refractivity contribution is 5.32. The summed E-state index contributed by atoms with van der Waals surface area (Å²) in [7, 11) is 0. The van der Waals surface area contributed by atoms with Gasteiger partial charge >= 0.3 is 0 Å². The van der Waals surface area contributed by atoms with Gasteiger partial charge in [0, 0.05) is 6.54 Å². The van der Waals surface area contributed by atoms with Gasteiger partial charge in [0.25, 0.3) is 0 Å². The largest absolute Gasteiger partial charge is 0.287 e. The Morgan fingerprint density at radius 3 is 2.95 bits per heavy atom. The molecule has 1 saturated heterocycles. The molecule has 19 heavy (non-hydrogen) atoms. The molecule has 3 rings (SSSR count). The van der Waals surface area contributed by atoms with Gasteiger partial charge < -0.3 is 0 Å². The third-order valence-electron chi connectivity index (χ3n) is 4.71. The average molecular weight is 254 g/mol. The quantitative estimate of drug-likeness (QED) is 0.808. The average Bonchev–Trinajstić information content (AvgIpc) is 2.48. The molecule has 2 heteroatoms. The number of nitriles is 1. The van der Waals surface area contributed by atoms with E-state index in [4.69, 9.17) is 0 Å². The number of piperidine rings is 1. The van der Waals surface area contributed by atoms with Crippen molar-refractivity contribution in [3.8, 4) is 6.07 Å². The summed E-state index contributed by atoms with van der Waals surface area (Å²) in [6.45, 7) is 2.19. The first-order chi connectivity index (χ1) is 9.38. The van der Waals surface area contributed by atoms with E-state index in [1.807, 2.05) is 0 Å². The summed E-state index contributed by atoms with van der Waals surface area (Å²) in [5.41, 5.74) is 3.07. The molecule has 0 spiro atoms. The highest BCUT2D eigenvalue weighted by atomic mass is 15.2. The van der Waals surface area contributed by atoms with Gasteiger partial charge in [-0.05, 0) is 62.1 Å². The third-order valence-corrected chi connectivity index (χ3v) is 4.71. The normalized spacial score (nSPS) is 27.5. The fourth-order valence-corrected chi connectivity index (χ4v) is 3.68. The van der Waals surface area contributed by atoms with Crippen molar-refractivity contribution >= 4 is 0 Å². The summed E-state index contributed by atoms with van der Waals surface area (Å²) in [6.07, 6.45) is 7.35. The van der Waals surface area contributed by atoms with Crippen LogP contribution >= 0.6 is 0 Å². The van der Waals surface area contributed by atoms with E-state index in [0.717, 1.165) is 19.5 Å². The molecule has 0 saturated carbocycles. The van der Waals surface area contributed by atoms with Crippen LogP contribution in [0, 0.1) is 11.3 Å². The molecule has 1 heterocycles. The standard InChI is InChI=1S/C17H22N2/c18-12-16-9-3-4-11-19(16)13-15-8-5-7-14-6-1-2-10-17(14)15/h1-2,6,10,15-16H,3-5,7-9,11,13H2. The molecule has 1 fully saturated rings. The molecule has 2 unspecified atom stereocenters. The Morgan fingerprint density at radius 1 is 1.16 bits per heavy atom. The SMILES string of the molecule is N#CC1CCCCN1CC1CCCc2ccccc21. The Kier molecular flexibility index (Phi) is 3.84. The second kappa shape index (κ2) is 5.75. The summed E-state index contributed by atoms with van der Waals surface area (Å²) >= 11 is 0. The number of rotatable bonds is 2. The van der Waals surface area contributed by atoms with Crippen LogP contribution in [0.4, 0.5) is 0 Å². The lowest BCUT2D eigenvalue weighted by Gasteiger charge is -2.36. The first-order valence-corrected chi connectivity index (χ1v) is 7.60. The Hall–Kier alpha value is -1.33. The molecule has 1 aromatic rings. The second-order valence-corrected chi connectivity index (χ2v) is 5.92. The minimum absolute atomic E-state index is 0.155. The molecule has 0 radical (unpaired) electrons. The van der Waals surface area contributed by atoms with Crippen LogP contribution in [0.1, 0.15) is 49.1 Å². The molecule has 100 valence electrons. The zero-order valence-corrected chi connectivity index (χ0v) is 11.5. The first-order valence-electron chi connectivity index (χ1n) is 7.60. The van der Waals surface area contributed by atoms with Crippen molar-refractivity contribution in [3.63, 3.8) is 0 Å². The van der Waals surface area contributed by atoms with Crippen molar-refractivity contribution < 1.29 is 0 Å². The monoisotopic (exact) mass is 254 g/mol. The molecular weight excluding hydrogens is 232 g/mol. The topological polar surface area (TPSA) is 27.0 Å². The molecule has 1 aliphatic heterocycles. The number of fused-ring (bicyclic) bond motifs is 1. The highest BCUT2D eigenvalue weighted by Crippen LogP contribution is 2.33. The number of benzene rings is 1. The fourth-order valence-electron chi connectivity index (χ4n) is 3.68. The Morgan fingerprint density at radius 2 is 2.05 bits per heavy atom. The summed E-state index contributed by atoms with van der Waals surface area (Å²) in [5.74, 6) is 0.638. The van der Waals surface area contributed by atoms with E-state index in [-0.39, 0.29) is 6.04 Å². The maximum absolute atomic E-state index is 9.29. The Labute approximate surface area is 116 Å². The maximum Gasteiger partial charge on any atom is 0.0978 e. The van der Waals surface area contributed by atoms with E-state index in [2.05, 4.69) is 35.2 Å². The summed E-state index contributed by atoms with van der Waals surface area (Å²) in [6, 6.07) is 11.5. The van der Waals surface area contributed by atoms with Gasteiger partial charge in [0.2, 0.25) is 0 Å². The van der Waals surface area contributed by atoms with Gasteiger partial charge in [-0.15, -0.1) is 0 Å². The van der Waals surface area contributed by atoms with Crippen molar-refractivity contribution in [2.24, 2.45) is 0 Å². The predicted molar refractivity (Wildman–Crippen MR) is 76.9 cm³/mol. The van der Waals surface area contributed by atoms with Gasteiger partial charge in [0.05, 0.1) is 12.1 Å².